The third-order valence-electron chi connectivity index (χ3n) is 3.00. The lowest BCUT2D eigenvalue weighted by Crippen LogP contribution is -2.50. The molecule has 2 aliphatic rings. The maximum atomic E-state index is 5.71. The van der Waals surface area contributed by atoms with Crippen molar-refractivity contribution in [3.8, 4) is 0 Å². The van der Waals surface area contributed by atoms with Crippen LogP contribution in [0, 0.1) is 0 Å². The molecule has 0 amide bonds. The fraction of sp³-hybridized carbons (Fsp3) is 1.00. The lowest BCUT2D eigenvalue weighted by Gasteiger charge is -2.38. The van der Waals surface area contributed by atoms with Crippen molar-refractivity contribution >= 4 is 0 Å². The fourth-order valence-corrected chi connectivity index (χ4v) is 2.47. The molecule has 3 heteroatoms. The first-order valence-corrected chi connectivity index (χ1v) is 5.36. The Hall–Kier alpha value is -0.120. The summed E-state index contributed by atoms with van der Waals surface area (Å²) in [5.74, 6) is 0. The van der Waals surface area contributed by atoms with Crippen molar-refractivity contribution < 1.29 is 4.74 Å². The van der Waals surface area contributed by atoms with E-state index in [1.165, 1.54) is 19.5 Å². The van der Waals surface area contributed by atoms with Gasteiger partial charge in [0.25, 0.3) is 0 Å². The third-order valence-corrected chi connectivity index (χ3v) is 3.00. The summed E-state index contributed by atoms with van der Waals surface area (Å²) in [6.07, 6.45) is 2.12. The largest absolute Gasteiger partial charge is 0.373 e. The Morgan fingerprint density at radius 1 is 1.23 bits per heavy atom. The molecule has 0 bridgehead atoms. The Kier molecular flexibility index (Phi) is 2.86. The molecule has 3 atom stereocenters. The van der Waals surface area contributed by atoms with Gasteiger partial charge < -0.3 is 10.1 Å². The summed E-state index contributed by atoms with van der Waals surface area (Å²) < 4.78 is 5.71. The van der Waals surface area contributed by atoms with Crippen LogP contribution in [0.25, 0.3) is 0 Å². The van der Waals surface area contributed by atoms with Gasteiger partial charge in [0.15, 0.2) is 0 Å². The zero-order valence-electron chi connectivity index (χ0n) is 8.62. The number of nitrogens with one attached hydrogen (secondary N) is 1. The lowest BCUT2D eigenvalue weighted by molar-refractivity contribution is -0.0781. The zero-order valence-corrected chi connectivity index (χ0v) is 8.62. The van der Waals surface area contributed by atoms with Crippen LogP contribution in [0.15, 0.2) is 0 Å². The van der Waals surface area contributed by atoms with E-state index < -0.39 is 0 Å². The Morgan fingerprint density at radius 3 is 2.46 bits per heavy atom. The highest BCUT2D eigenvalue weighted by atomic mass is 16.5. The highest BCUT2D eigenvalue weighted by Crippen LogP contribution is 2.16. The normalized spacial score (nSPS) is 42.5. The van der Waals surface area contributed by atoms with E-state index in [0.29, 0.717) is 12.2 Å². The van der Waals surface area contributed by atoms with E-state index >= 15 is 0 Å². The molecule has 13 heavy (non-hydrogen) atoms. The van der Waals surface area contributed by atoms with Gasteiger partial charge in [-0.15, -0.1) is 0 Å². The molecule has 2 heterocycles. The lowest BCUT2D eigenvalue weighted by atomic mass is 10.1. The molecule has 1 unspecified atom stereocenters. The first-order chi connectivity index (χ1) is 6.25. The average Bonchev–Trinajstić information content (AvgIpc) is 2.53. The molecule has 0 aromatic carbocycles. The van der Waals surface area contributed by atoms with Crippen LogP contribution in [0.3, 0.4) is 0 Å². The van der Waals surface area contributed by atoms with Crippen molar-refractivity contribution in [3.05, 3.63) is 0 Å². The molecule has 0 aromatic rings. The van der Waals surface area contributed by atoms with Gasteiger partial charge in [0.2, 0.25) is 0 Å². The molecule has 76 valence electrons. The predicted molar refractivity (Wildman–Crippen MR) is 52.9 cm³/mol. The first kappa shape index (κ1) is 9.44. The molecular weight excluding hydrogens is 164 g/mol. The van der Waals surface area contributed by atoms with Crippen molar-refractivity contribution in [2.45, 2.75) is 38.5 Å². The average molecular weight is 184 g/mol. The summed E-state index contributed by atoms with van der Waals surface area (Å²) in [6, 6.07) is 0.758. The summed E-state index contributed by atoms with van der Waals surface area (Å²) in [5.41, 5.74) is 0. The van der Waals surface area contributed by atoms with E-state index in [4.69, 9.17) is 4.74 Å². The molecule has 0 aliphatic carbocycles. The summed E-state index contributed by atoms with van der Waals surface area (Å²) in [4.78, 5) is 2.58. The molecule has 2 saturated heterocycles. The minimum Gasteiger partial charge on any atom is -0.373 e. The van der Waals surface area contributed by atoms with Crippen LogP contribution in [0.4, 0.5) is 0 Å². The van der Waals surface area contributed by atoms with E-state index in [2.05, 4.69) is 24.1 Å². The standard InChI is InChI=1S/C10H20N2O/c1-8-6-12(7-9(2)13-8)10-3-4-11-5-10/h8-11H,3-7H2,1-2H3/t8-,9+,10?. The summed E-state index contributed by atoms with van der Waals surface area (Å²) >= 11 is 0. The van der Waals surface area contributed by atoms with Crippen molar-refractivity contribution in [3.63, 3.8) is 0 Å². The van der Waals surface area contributed by atoms with Crippen molar-refractivity contribution in [2.24, 2.45) is 0 Å². The molecule has 3 nitrogen and oxygen atoms in total. The first-order valence-electron chi connectivity index (χ1n) is 5.36. The molecule has 2 aliphatic heterocycles. The van der Waals surface area contributed by atoms with Crippen LogP contribution >= 0.6 is 0 Å². The topological polar surface area (TPSA) is 24.5 Å². The van der Waals surface area contributed by atoms with Crippen LogP contribution in [0.1, 0.15) is 20.3 Å². The van der Waals surface area contributed by atoms with E-state index in [0.717, 1.165) is 19.1 Å². The van der Waals surface area contributed by atoms with Gasteiger partial charge in [-0.3, -0.25) is 4.90 Å². The number of hydrogen-bond acceptors (Lipinski definition) is 3. The Labute approximate surface area is 80.4 Å². The molecule has 0 aromatic heterocycles. The SMILES string of the molecule is C[C@@H]1CN(C2CCNC2)C[C@H](C)O1. The monoisotopic (exact) mass is 184 g/mol. The van der Waals surface area contributed by atoms with Gasteiger partial charge in [-0.05, 0) is 26.8 Å². The van der Waals surface area contributed by atoms with Gasteiger partial charge in [0.05, 0.1) is 12.2 Å². The number of morpholine rings is 1. The second-order valence-corrected chi connectivity index (χ2v) is 4.36. The van der Waals surface area contributed by atoms with E-state index in [1.807, 2.05) is 0 Å². The van der Waals surface area contributed by atoms with Gasteiger partial charge in [0.1, 0.15) is 0 Å². The highest BCUT2D eigenvalue weighted by molar-refractivity contribution is 4.85. The van der Waals surface area contributed by atoms with Crippen LogP contribution < -0.4 is 5.32 Å². The highest BCUT2D eigenvalue weighted by Gasteiger charge is 2.29. The maximum absolute atomic E-state index is 5.71. The van der Waals surface area contributed by atoms with Crippen LogP contribution in [-0.4, -0.2) is 49.3 Å². The molecular formula is C10H20N2O. The second kappa shape index (κ2) is 3.95. The summed E-state index contributed by atoms with van der Waals surface area (Å²) in [6.45, 7) is 8.91. The van der Waals surface area contributed by atoms with Crippen molar-refractivity contribution in [2.75, 3.05) is 26.2 Å². The molecule has 0 spiro atoms. The van der Waals surface area contributed by atoms with Gasteiger partial charge in [0, 0.05) is 25.7 Å². The molecule has 2 rings (SSSR count). The van der Waals surface area contributed by atoms with Crippen LogP contribution in [-0.2, 0) is 4.74 Å². The Morgan fingerprint density at radius 2 is 1.92 bits per heavy atom. The van der Waals surface area contributed by atoms with E-state index in [1.54, 1.807) is 0 Å². The minimum atomic E-state index is 0.407. The second-order valence-electron chi connectivity index (χ2n) is 4.36. The number of hydrogen-bond donors (Lipinski definition) is 1. The zero-order chi connectivity index (χ0) is 9.26. The number of ether oxygens (including phenoxy) is 1. The molecule has 0 radical (unpaired) electrons. The van der Waals surface area contributed by atoms with Gasteiger partial charge >= 0.3 is 0 Å². The molecule has 1 N–H and O–H groups in total. The fourth-order valence-electron chi connectivity index (χ4n) is 2.47. The predicted octanol–water partition coefficient (Wildman–Crippen LogP) is 0.457. The Balaban J connectivity index is 1.90. The van der Waals surface area contributed by atoms with Crippen LogP contribution in [0.2, 0.25) is 0 Å². The van der Waals surface area contributed by atoms with Gasteiger partial charge in [-0.25, -0.2) is 0 Å². The number of rotatable bonds is 1. The summed E-state index contributed by atoms with van der Waals surface area (Å²) in [5, 5.41) is 3.42. The van der Waals surface area contributed by atoms with Crippen molar-refractivity contribution in [1.82, 2.24) is 10.2 Å². The quantitative estimate of drug-likeness (QED) is 0.640. The van der Waals surface area contributed by atoms with E-state index in [9.17, 15) is 0 Å². The van der Waals surface area contributed by atoms with Gasteiger partial charge in [-0.2, -0.15) is 0 Å². The Bertz CT molecular complexity index is 158. The molecule has 2 fully saturated rings. The molecule has 0 saturated carbocycles. The third kappa shape index (κ3) is 2.22. The smallest absolute Gasteiger partial charge is 0.0678 e. The van der Waals surface area contributed by atoms with E-state index in [-0.39, 0.29) is 0 Å². The van der Waals surface area contributed by atoms with Crippen LogP contribution in [0.5, 0.6) is 0 Å². The number of nitrogens with zero attached hydrogens (tertiary/aromatic N) is 1. The minimum absolute atomic E-state index is 0.407. The van der Waals surface area contributed by atoms with Gasteiger partial charge in [-0.1, -0.05) is 0 Å². The van der Waals surface area contributed by atoms with Crippen molar-refractivity contribution in [1.29, 1.82) is 0 Å². The maximum Gasteiger partial charge on any atom is 0.0678 e. The summed E-state index contributed by atoms with van der Waals surface area (Å²) in [7, 11) is 0.